The summed E-state index contributed by atoms with van der Waals surface area (Å²) in [4.78, 5) is 20.9. The van der Waals surface area contributed by atoms with E-state index in [1.54, 1.807) is 42.5 Å². The Bertz CT molecular complexity index is 759. The number of aryl methyl sites for hydroxylation is 1. The lowest BCUT2D eigenvalue weighted by Gasteiger charge is -2.32. The summed E-state index contributed by atoms with van der Waals surface area (Å²) in [6, 6.07) is 13.3. The molecule has 0 bridgehead atoms. The second-order valence-electron chi connectivity index (χ2n) is 5.16. The number of fused-ring (bicyclic) bond motifs is 1. The third kappa shape index (κ3) is 2.05. The minimum Gasteiger partial charge on any atom is -0.475 e. The number of para-hydroxylation sites is 1. The highest BCUT2D eigenvalue weighted by molar-refractivity contribution is 6.37. The van der Waals surface area contributed by atoms with Crippen molar-refractivity contribution < 1.29 is 14.5 Å². The van der Waals surface area contributed by atoms with Gasteiger partial charge in [-0.1, -0.05) is 42.0 Å². The monoisotopic (exact) mass is 317 g/mol. The normalized spacial score (nSPS) is 23.5. The van der Waals surface area contributed by atoms with Gasteiger partial charge in [0.15, 0.2) is 0 Å². The summed E-state index contributed by atoms with van der Waals surface area (Å²) >= 11 is 6.15. The molecular formula is C16H12ClNO4. The minimum absolute atomic E-state index is 0.123. The van der Waals surface area contributed by atoms with E-state index in [1.807, 2.05) is 6.92 Å². The first kappa shape index (κ1) is 14.5. The zero-order valence-corrected chi connectivity index (χ0v) is 12.4. The van der Waals surface area contributed by atoms with Crippen LogP contribution in [-0.4, -0.2) is 15.7 Å². The van der Waals surface area contributed by atoms with Gasteiger partial charge in [0, 0.05) is 5.56 Å². The topological polar surface area (TPSA) is 69.4 Å². The minimum atomic E-state index is -2.37. The maximum Gasteiger partial charge on any atom is 0.397 e. The van der Waals surface area contributed by atoms with Gasteiger partial charge in [0.2, 0.25) is 6.10 Å². The lowest BCUT2D eigenvalue weighted by Crippen LogP contribution is -2.51. The summed E-state index contributed by atoms with van der Waals surface area (Å²) < 4.78 is 5.71. The number of benzene rings is 2. The molecule has 2 aromatic carbocycles. The summed E-state index contributed by atoms with van der Waals surface area (Å²) in [6.07, 6.45) is -1.19. The van der Waals surface area contributed by atoms with Crippen LogP contribution in [0.1, 0.15) is 27.6 Å². The summed E-state index contributed by atoms with van der Waals surface area (Å²) in [5, 5.41) is 11.5. The number of alkyl halides is 1. The molecule has 3 rings (SSSR count). The molecule has 1 heterocycles. The Morgan fingerprint density at radius 1 is 1.18 bits per heavy atom. The van der Waals surface area contributed by atoms with Crippen LogP contribution in [0.3, 0.4) is 0 Å². The number of ketones is 1. The molecule has 0 spiro atoms. The molecule has 112 valence electrons. The van der Waals surface area contributed by atoms with Crippen molar-refractivity contribution in [1.29, 1.82) is 0 Å². The number of carbonyl (C=O) groups excluding carboxylic acids is 1. The zero-order chi connectivity index (χ0) is 15.9. The first-order valence-corrected chi connectivity index (χ1v) is 7.03. The van der Waals surface area contributed by atoms with Crippen LogP contribution in [-0.2, 0) is 0 Å². The molecule has 0 N–H and O–H groups in total. The van der Waals surface area contributed by atoms with Crippen LogP contribution in [0.2, 0.25) is 0 Å². The molecule has 1 aliphatic heterocycles. The van der Waals surface area contributed by atoms with Gasteiger partial charge in [-0.25, -0.2) is 0 Å². The van der Waals surface area contributed by atoms with Crippen LogP contribution in [0, 0.1) is 17.0 Å². The Balaban J connectivity index is 2.18. The third-order valence-corrected chi connectivity index (χ3v) is 4.20. The smallest absolute Gasteiger partial charge is 0.397 e. The van der Waals surface area contributed by atoms with Crippen molar-refractivity contribution in [2.24, 2.45) is 0 Å². The van der Waals surface area contributed by atoms with Crippen LogP contribution >= 0.6 is 11.6 Å². The molecule has 22 heavy (non-hydrogen) atoms. The SMILES string of the molecule is Cc1ccc(C2Oc3ccccc3C(=O)C2(Cl)[N+](=O)[O-])cc1. The Morgan fingerprint density at radius 2 is 1.82 bits per heavy atom. The van der Waals surface area contributed by atoms with Crippen LogP contribution in [0.5, 0.6) is 5.75 Å². The summed E-state index contributed by atoms with van der Waals surface area (Å²) in [6.45, 7) is 1.90. The molecule has 0 radical (unpaired) electrons. The highest BCUT2D eigenvalue weighted by atomic mass is 35.5. The first-order valence-electron chi connectivity index (χ1n) is 6.65. The van der Waals surface area contributed by atoms with Crippen molar-refractivity contribution in [3.63, 3.8) is 0 Å². The first-order chi connectivity index (χ1) is 10.4. The lowest BCUT2D eigenvalue weighted by atomic mass is 9.91. The maximum atomic E-state index is 12.6. The van der Waals surface area contributed by atoms with E-state index in [-0.39, 0.29) is 5.56 Å². The molecular weight excluding hydrogens is 306 g/mol. The predicted octanol–water partition coefficient (Wildman–Crippen LogP) is 3.52. The molecule has 0 saturated heterocycles. The fraction of sp³-hybridized carbons (Fsp3) is 0.188. The number of hydrogen-bond donors (Lipinski definition) is 0. The van der Waals surface area contributed by atoms with Gasteiger partial charge >= 0.3 is 5.00 Å². The van der Waals surface area contributed by atoms with Gasteiger partial charge < -0.3 is 4.74 Å². The van der Waals surface area contributed by atoms with Crippen LogP contribution < -0.4 is 4.74 Å². The summed E-state index contributed by atoms with van der Waals surface area (Å²) in [5.74, 6) is -0.456. The molecule has 0 fully saturated rings. The van der Waals surface area contributed by atoms with E-state index in [2.05, 4.69) is 0 Å². The highest BCUT2D eigenvalue weighted by Crippen LogP contribution is 2.45. The Hall–Kier alpha value is -2.40. The number of nitro groups is 1. The van der Waals surface area contributed by atoms with Crippen molar-refractivity contribution in [2.45, 2.75) is 18.0 Å². The standard InChI is InChI=1S/C16H12ClNO4/c1-10-6-8-11(9-7-10)15-16(17,18(20)21)14(19)12-4-2-3-5-13(12)22-15/h2-9,15H,1H3. The third-order valence-electron chi connectivity index (χ3n) is 3.69. The van der Waals surface area contributed by atoms with Gasteiger partial charge in [-0.05, 0) is 30.7 Å². The van der Waals surface area contributed by atoms with Crippen LogP contribution in [0.25, 0.3) is 0 Å². The summed E-state index contributed by atoms with van der Waals surface area (Å²) in [5.41, 5.74) is 1.60. The summed E-state index contributed by atoms with van der Waals surface area (Å²) in [7, 11) is 0. The van der Waals surface area contributed by atoms with Gasteiger partial charge in [0.05, 0.1) is 10.5 Å². The van der Waals surface area contributed by atoms with E-state index in [4.69, 9.17) is 16.3 Å². The fourth-order valence-electron chi connectivity index (χ4n) is 2.48. The van der Waals surface area contributed by atoms with Gasteiger partial charge in [-0.2, -0.15) is 0 Å². The average molecular weight is 318 g/mol. The van der Waals surface area contributed by atoms with E-state index in [1.165, 1.54) is 6.07 Å². The van der Waals surface area contributed by atoms with Crippen LogP contribution in [0.4, 0.5) is 0 Å². The molecule has 0 amide bonds. The van der Waals surface area contributed by atoms with Crippen molar-refractivity contribution >= 4 is 17.4 Å². The van der Waals surface area contributed by atoms with Crippen molar-refractivity contribution in [2.75, 3.05) is 0 Å². The van der Waals surface area contributed by atoms with E-state index < -0.39 is 21.8 Å². The maximum absolute atomic E-state index is 12.6. The second kappa shape index (κ2) is 5.10. The molecule has 2 unspecified atom stereocenters. The highest BCUT2D eigenvalue weighted by Gasteiger charge is 2.61. The van der Waals surface area contributed by atoms with Gasteiger partial charge in [0.1, 0.15) is 5.75 Å². The number of rotatable bonds is 2. The fourth-order valence-corrected chi connectivity index (χ4v) is 2.75. The lowest BCUT2D eigenvalue weighted by molar-refractivity contribution is -0.536. The zero-order valence-electron chi connectivity index (χ0n) is 11.7. The predicted molar refractivity (Wildman–Crippen MR) is 80.9 cm³/mol. The molecule has 0 aromatic heterocycles. The van der Waals surface area contributed by atoms with E-state index in [9.17, 15) is 14.9 Å². The van der Waals surface area contributed by atoms with E-state index >= 15 is 0 Å². The number of hydrogen-bond acceptors (Lipinski definition) is 4. The van der Waals surface area contributed by atoms with E-state index in [0.29, 0.717) is 11.3 Å². The van der Waals surface area contributed by atoms with Crippen molar-refractivity contribution in [1.82, 2.24) is 0 Å². The number of carbonyl (C=O) groups is 1. The molecule has 5 nitrogen and oxygen atoms in total. The second-order valence-corrected chi connectivity index (χ2v) is 5.74. The van der Waals surface area contributed by atoms with E-state index in [0.717, 1.165) is 5.56 Å². The number of halogens is 1. The Morgan fingerprint density at radius 3 is 2.45 bits per heavy atom. The quantitative estimate of drug-likeness (QED) is 0.368. The number of Topliss-reactive ketones (excluding diaryl/α,β-unsaturated/α-hetero) is 1. The van der Waals surface area contributed by atoms with Crippen molar-refractivity contribution in [3.05, 3.63) is 75.3 Å². The van der Waals surface area contributed by atoms with Gasteiger partial charge in [-0.15, -0.1) is 0 Å². The average Bonchev–Trinajstić information content (AvgIpc) is 2.51. The largest absolute Gasteiger partial charge is 0.475 e. The molecule has 2 aromatic rings. The number of ether oxygens (including phenoxy) is 1. The Labute approximate surface area is 131 Å². The molecule has 1 aliphatic rings. The van der Waals surface area contributed by atoms with Crippen molar-refractivity contribution in [3.8, 4) is 5.75 Å². The molecule has 0 saturated carbocycles. The van der Waals surface area contributed by atoms with Gasteiger partial charge in [0.25, 0.3) is 5.78 Å². The van der Waals surface area contributed by atoms with Crippen LogP contribution in [0.15, 0.2) is 48.5 Å². The molecule has 2 atom stereocenters. The molecule has 0 aliphatic carbocycles. The Kier molecular flexibility index (Phi) is 3.37. The number of nitrogens with zero attached hydrogens (tertiary/aromatic N) is 1. The molecule has 6 heteroatoms. The van der Waals surface area contributed by atoms with Gasteiger partial charge in [-0.3, -0.25) is 14.9 Å².